The molecule has 0 spiro atoms. The summed E-state index contributed by atoms with van der Waals surface area (Å²) in [5.41, 5.74) is 5.78. The van der Waals surface area contributed by atoms with Crippen molar-refractivity contribution in [3.05, 3.63) is 24.0 Å². The van der Waals surface area contributed by atoms with Crippen molar-refractivity contribution in [1.29, 1.82) is 0 Å². The zero-order valence-electron chi connectivity index (χ0n) is 8.03. The average Bonchev–Trinajstić information content (AvgIpc) is 2.08. The lowest BCUT2D eigenvalue weighted by Gasteiger charge is -2.09. The van der Waals surface area contributed by atoms with Gasteiger partial charge in [0.1, 0.15) is 11.6 Å². The fraction of sp³-hybridized carbons (Fsp3) is 0.400. The van der Waals surface area contributed by atoms with Crippen LogP contribution >= 0.6 is 0 Å². The summed E-state index contributed by atoms with van der Waals surface area (Å²) in [6, 6.07) is 3.97. The Morgan fingerprint density at radius 2 is 2.29 bits per heavy atom. The highest BCUT2D eigenvalue weighted by Gasteiger charge is 2.02. The van der Waals surface area contributed by atoms with Gasteiger partial charge in [0.05, 0.1) is 18.4 Å². The van der Waals surface area contributed by atoms with Crippen molar-refractivity contribution in [2.24, 2.45) is 0 Å². The molecule has 78 valence electrons. The Kier molecular flexibility index (Phi) is 3.71. The lowest BCUT2D eigenvalue weighted by Crippen LogP contribution is -2.08. The first-order valence-corrected chi connectivity index (χ1v) is 4.45. The minimum atomic E-state index is -0.406. The van der Waals surface area contributed by atoms with Crippen LogP contribution in [0.4, 0.5) is 10.1 Å². The molecule has 1 aromatic rings. The van der Waals surface area contributed by atoms with Crippen molar-refractivity contribution < 1.29 is 14.2 Å². The van der Waals surface area contributed by atoms with E-state index in [1.807, 2.05) is 0 Å². The van der Waals surface area contributed by atoms with Crippen LogP contribution in [-0.2, 0) is 0 Å². The maximum Gasteiger partial charge on any atom is 0.142 e. The predicted octanol–water partition coefficient (Wildman–Crippen LogP) is 1.56. The van der Waals surface area contributed by atoms with Crippen molar-refractivity contribution in [3.63, 3.8) is 0 Å². The number of anilines is 1. The molecule has 1 aromatic carbocycles. The van der Waals surface area contributed by atoms with Crippen molar-refractivity contribution in [2.45, 2.75) is 19.4 Å². The quantitative estimate of drug-likeness (QED) is 0.723. The summed E-state index contributed by atoms with van der Waals surface area (Å²) in [7, 11) is 0. The summed E-state index contributed by atoms with van der Waals surface area (Å²) < 4.78 is 17.9. The Hall–Kier alpha value is -1.29. The minimum Gasteiger partial charge on any atom is -0.491 e. The van der Waals surface area contributed by atoms with Gasteiger partial charge in [-0.3, -0.25) is 0 Å². The average molecular weight is 199 g/mol. The topological polar surface area (TPSA) is 55.5 Å². The van der Waals surface area contributed by atoms with Crippen molar-refractivity contribution in [3.8, 4) is 5.75 Å². The van der Waals surface area contributed by atoms with Gasteiger partial charge in [-0.05, 0) is 19.1 Å². The summed E-state index contributed by atoms with van der Waals surface area (Å²) in [6.45, 7) is 2.05. The smallest absolute Gasteiger partial charge is 0.142 e. The summed E-state index contributed by atoms with van der Waals surface area (Å²) in [5.74, 6) is 0.0671. The zero-order chi connectivity index (χ0) is 10.6. The van der Waals surface area contributed by atoms with Gasteiger partial charge in [-0.1, -0.05) is 0 Å². The number of halogens is 1. The SMILES string of the molecule is CC(O)CCOc1ccc(F)cc1N. The van der Waals surface area contributed by atoms with Crippen LogP contribution in [0.25, 0.3) is 0 Å². The normalized spacial score (nSPS) is 12.5. The maximum atomic E-state index is 12.6. The van der Waals surface area contributed by atoms with E-state index >= 15 is 0 Å². The van der Waals surface area contributed by atoms with Crippen LogP contribution in [0.5, 0.6) is 5.75 Å². The molecule has 0 heterocycles. The molecular formula is C10H14FNO2. The molecule has 0 aliphatic carbocycles. The van der Waals surface area contributed by atoms with Gasteiger partial charge in [0, 0.05) is 12.5 Å². The molecule has 1 atom stereocenters. The van der Waals surface area contributed by atoms with E-state index in [9.17, 15) is 4.39 Å². The fourth-order valence-corrected chi connectivity index (χ4v) is 0.990. The van der Waals surface area contributed by atoms with Gasteiger partial charge in [0.15, 0.2) is 0 Å². The number of hydrogen-bond acceptors (Lipinski definition) is 3. The van der Waals surface area contributed by atoms with Gasteiger partial charge in [-0.25, -0.2) is 4.39 Å². The largest absolute Gasteiger partial charge is 0.491 e. The van der Waals surface area contributed by atoms with E-state index in [0.29, 0.717) is 18.8 Å². The lowest BCUT2D eigenvalue weighted by atomic mass is 10.3. The molecule has 0 saturated heterocycles. The minimum absolute atomic E-state index is 0.274. The molecule has 0 fully saturated rings. The molecule has 3 nitrogen and oxygen atoms in total. The van der Waals surface area contributed by atoms with E-state index in [2.05, 4.69) is 0 Å². The van der Waals surface area contributed by atoms with E-state index < -0.39 is 6.10 Å². The number of hydrogen-bond donors (Lipinski definition) is 2. The van der Waals surface area contributed by atoms with Gasteiger partial charge in [-0.15, -0.1) is 0 Å². The number of aliphatic hydroxyl groups is 1. The summed E-state index contributed by atoms with van der Waals surface area (Å²) in [5, 5.41) is 8.97. The van der Waals surface area contributed by atoms with Crippen LogP contribution in [0.3, 0.4) is 0 Å². The molecule has 0 bridgehead atoms. The molecule has 0 radical (unpaired) electrons. The maximum absolute atomic E-state index is 12.6. The Morgan fingerprint density at radius 1 is 1.57 bits per heavy atom. The Balaban J connectivity index is 2.51. The number of rotatable bonds is 4. The first kappa shape index (κ1) is 10.8. The summed E-state index contributed by atoms with van der Waals surface area (Å²) >= 11 is 0. The molecule has 0 aliphatic heterocycles. The molecule has 1 rings (SSSR count). The van der Waals surface area contributed by atoms with Crippen LogP contribution in [-0.4, -0.2) is 17.8 Å². The Bertz CT molecular complexity index is 302. The van der Waals surface area contributed by atoms with Gasteiger partial charge in [0.2, 0.25) is 0 Å². The van der Waals surface area contributed by atoms with Crippen LogP contribution in [0.2, 0.25) is 0 Å². The van der Waals surface area contributed by atoms with E-state index in [0.717, 1.165) is 0 Å². The summed E-state index contributed by atoms with van der Waals surface area (Å²) in [6.07, 6.45) is 0.119. The molecule has 1 unspecified atom stereocenters. The van der Waals surface area contributed by atoms with Gasteiger partial charge < -0.3 is 15.6 Å². The standard InChI is InChI=1S/C10H14FNO2/c1-7(13)4-5-14-10-3-2-8(11)6-9(10)12/h2-3,6-7,13H,4-5,12H2,1H3. The molecular weight excluding hydrogens is 185 g/mol. The van der Waals surface area contributed by atoms with Crippen LogP contribution in [0, 0.1) is 5.82 Å². The van der Waals surface area contributed by atoms with E-state index in [-0.39, 0.29) is 11.5 Å². The van der Waals surface area contributed by atoms with Crippen molar-refractivity contribution in [1.82, 2.24) is 0 Å². The van der Waals surface area contributed by atoms with Crippen molar-refractivity contribution in [2.75, 3.05) is 12.3 Å². The van der Waals surface area contributed by atoms with Crippen LogP contribution in [0.1, 0.15) is 13.3 Å². The molecule has 0 amide bonds. The number of nitrogens with two attached hydrogens (primary N) is 1. The molecule has 0 saturated carbocycles. The van der Waals surface area contributed by atoms with Gasteiger partial charge in [-0.2, -0.15) is 0 Å². The molecule has 14 heavy (non-hydrogen) atoms. The monoisotopic (exact) mass is 199 g/mol. The molecule has 0 aliphatic rings. The van der Waals surface area contributed by atoms with E-state index in [1.54, 1.807) is 6.92 Å². The summed E-state index contributed by atoms with van der Waals surface area (Å²) in [4.78, 5) is 0. The Labute approximate surface area is 82.3 Å². The highest BCUT2D eigenvalue weighted by molar-refractivity contribution is 5.52. The van der Waals surface area contributed by atoms with Crippen LogP contribution < -0.4 is 10.5 Å². The van der Waals surface area contributed by atoms with Gasteiger partial charge >= 0.3 is 0 Å². The lowest BCUT2D eigenvalue weighted by molar-refractivity contribution is 0.156. The number of benzene rings is 1. The number of nitrogen functional groups attached to an aromatic ring is 1. The second-order valence-corrected chi connectivity index (χ2v) is 3.17. The third kappa shape index (κ3) is 3.22. The third-order valence-electron chi connectivity index (χ3n) is 1.77. The van der Waals surface area contributed by atoms with Gasteiger partial charge in [0.25, 0.3) is 0 Å². The third-order valence-corrected chi connectivity index (χ3v) is 1.77. The second kappa shape index (κ2) is 4.81. The van der Waals surface area contributed by atoms with Crippen LogP contribution in [0.15, 0.2) is 18.2 Å². The molecule has 3 N–H and O–H groups in total. The fourth-order valence-electron chi connectivity index (χ4n) is 0.990. The first-order valence-electron chi connectivity index (χ1n) is 4.45. The molecule has 4 heteroatoms. The number of aliphatic hydroxyl groups excluding tert-OH is 1. The second-order valence-electron chi connectivity index (χ2n) is 3.17. The Morgan fingerprint density at radius 3 is 2.86 bits per heavy atom. The zero-order valence-corrected chi connectivity index (χ0v) is 8.03. The van der Waals surface area contributed by atoms with Crippen molar-refractivity contribution >= 4 is 5.69 Å². The highest BCUT2D eigenvalue weighted by atomic mass is 19.1. The number of ether oxygens (including phenoxy) is 1. The first-order chi connectivity index (χ1) is 6.59. The predicted molar refractivity (Wildman–Crippen MR) is 52.6 cm³/mol. The van der Waals surface area contributed by atoms with E-state index in [4.69, 9.17) is 15.6 Å². The van der Waals surface area contributed by atoms with E-state index in [1.165, 1.54) is 18.2 Å². The molecule has 0 aromatic heterocycles. The highest BCUT2D eigenvalue weighted by Crippen LogP contribution is 2.21.